The highest BCUT2D eigenvalue weighted by Gasteiger charge is 2.29. The van der Waals surface area contributed by atoms with E-state index in [1.165, 1.54) is 11.4 Å². The van der Waals surface area contributed by atoms with Crippen molar-refractivity contribution >= 4 is 17.0 Å². The third-order valence-corrected chi connectivity index (χ3v) is 6.16. The summed E-state index contributed by atoms with van der Waals surface area (Å²) in [7, 11) is 1.75. The summed E-state index contributed by atoms with van der Waals surface area (Å²) in [4.78, 5) is 4.20. The molecule has 1 unspecified atom stereocenters. The molecule has 2 aromatic heterocycles. The molecule has 0 bridgehead atoms. The molecule has 11 heteroatoms. The van der Waals surface area contributed by atoms with Crippen molar-refractivity contribution in [1.29, 1.82) is 0 Å². The van der Waals surface area contributed by atoms with Crippen LogP contribution >= 0.6 is 11.3 Å². The van der Waals surface area contributed by atoms with E-state index in [9.17, 15) is 19.0 Å². The molecule has 166 valence electrons. The minimum Gasteiger partial charge on any atom is -0.389 e. The number of aryl methyl sites for hydroxylation is 1. The van der Waals surface area contributed by atoms with E-state index in [0.29, 0.717) is 24.2 Å². The van der Waals surface area contributed by atoms with E-state index in [2.05, 4.69) is 15.4 Å². The number of benzene rings is 1. The summed E-state index contributed by atoms with van der Waals surface area (Å²) < 4.78 is 35.5. The van der Waals surface area contributed by atoms with Crippen LogP contribution in [0.4, 0.5) is 14.5 Å². The van der Waals surface area contributed by atoms with Crippen molar-refractivity contribution in [1.82, 2.24) is 14.8 Å². The van der Waals surface area contributed by atoms with Gasteiger partial charge in [0.2, 0.25) is 0 Å². The summed E-state index contributed by atoms with van der Waals surface area (Å²) in [6, 6.07) is 3.23. The van der Waals surface area contributed by atoms with E-state index >= 15 is 0 Å². The van der Waals surface area contributed by atoms with Gasteiger partial charge in [-0.2, -0.15) is 5.10 Å². The van der Waals surface area contributed by atoms with E-state index in [-0.39, 0.29) is 35.0 Å². The lowest BCUT2D eigenvalue weighted by Crippen LogP contribution is -2.35. The number of nitrogens with one attached hydrogen (secondary N) is 1. The predicted molar refractivity (Wildman–Crippen MR) is 111 cm³/mol. The number of aliphatic hydroxyl groups excluding tert-OH is 2. The molecule has 4 atom stereocenters. The van der Waals surface area contributed by atoms with Crippen LogP contribution in [-0.2, 0) is 11.8 Å². The van der Waals surface area contributed by atoms with Gasteiger partial charge in [-0.1, -0.05) is 6.07 Å². The van der Waals surface area contributed by atoms with Crippen LogP contribution in [0.1, 0.15) is 36.6 Å². The van der Waals surface area contributed by atoms with E-state index < -0.39 is 24.0 Å². The molecular formula is C20H23F2N5O3S. The number of aliphatic hydroxyl groups is 2. The Kier molecular flexibility index (Phi) is 6.30. The second-order valence-corrected chi connectivity index (χ2v) is 8.28. The maximum Gasteiger partial charge on any atom is 0.169 e. The topological polar surface area (TPSA) is 118 Å². The Hall–Kier alpha value is -2.44. The average molecular weight is 451 g/mol. The first-order chi connectivity index (χ1) is 14.8. The zero-order valence-electron chi connectivity index (χ0n) is 16.7. The zero-order valence-corrected chi connectivity index (χ0v) is 17.5. The molecule has 1 aromatic carbocycles. The van der Waals surface area contributed by atoms with Crippen LogP contribution in [-0.4, -0.2) is 43.7 Å². The third-order valence-electron chi connectivity index (χ3n) is 5.29. The number of ether oxygens (including phenoxy) is 1. The lowest BCUT2D eigenvalue weighted by atomic mass is 10.0. The van der Waals surface area contributed by atoms with Gasteiger partial charge in [-0.15, -0.1) is 11.3 Å². The molecule has 0 amide bonds. The Bertz CT molecular complexity index is 1030. The van der Waals surface area contributed by atoms with Gasteiger partial charge in [0, 0.05) is 18.5 Å². The van der Waals surface area contributed by atoms with Crippen LogP contribution in [0.2, 0.25) is 0 Å². The van der Waals surface area contributed by atoms with Gasteiger partial charge >= 0.3 is 0 Å². The third kappa shape index (κ3) is 4.46. The number of aromatic nitrogens is 3. The summed E-state index contributed by atoms with van der Waals surface area (Å²) in [5.41, 5.74) is 7.14. The summed E-state index contributed by atoms with van der Waals surface area (Å²) in [6.45, 7) is 0.0999. The van der Waals surface area contributed by atoms with Gasteiger partial charge in [0.05, 0.1) is 35.9 Å². The molecule has 1 aliphatic heterocycles. The summed E-state index contributed by atoms with van der Waals surface area (Å²) in [5.74, 6) is -1.44. The molecule has 0 aliphatic carbocycles. The van der Waals surface area contributed by atoms with Crippen molar-refractivity contribution in [2.45, 2.75) is 37.3 Å². The van der Waals surface area contributed by atoms with Gasteiger partial charge in [-0.25, -0.2) is 13.8 Å². The van der Waals surface area contributed by atoms with E-state index in [1.54, 1.807) is 17.9 Å². The van der Waals surface area contributed by atoms with Crippen molar-refractivity contribution in [2.75, 3.05) is 11.9 Å². The quantitative estimate of drug-likeness (QED) is 0.440. The number of anilines is 1. The van der Waals surface area contributed by atoms with Crippen molar-refractivity contribution in [2.24, 2.45) is 12.8 Å². The van der Waals surface area contributed by atoms with Crippen molar-refractivity contribution in [3.8, 4) is 10.6 Å². The van der Waals surface area contributed by atoms with Gasteiger partial charge in [-0.3, -0.25) is 4.68 Å². The molecule has 3 aromatic rings. The van der Waals surface area contributed by atoms with Gasteiger partial charge in [0.15, 0.2) is 6.23 Å². The molecule has 31 heavy (non-hydrogen) atoms. The highest BCUT2D eigenvalue weighted by Crippen LogP contribution is 2.34. The molecule has 4 rings (SSSR count). The highest BCUT2D eigenvalue weighted by atomic mass is 32.1. The molecule has 1 aliphatic rings. The summed E-state index contributed by atoms with van der Waals surface area (Å²) in [6.07, 6.45) is 0.351. The second kappa shape index (κ2) is 8.97. The van der Waals surface area contributed by atoms with Gasteiger partial charge in [0.25, 0.3) is 0 Å². The lowest BCUT2D eigenvalue weighted by Gasteiger charge is -2.19. The van der Waals surface area contributed by atoms with Crippen LogP contribution in [0, 0.1) is 11.6 Å². The van der Waals surface area contributed by atoms with Crippen LogP contribution in [0.5, 0.6) is 0 Å². The van der Waals surface area contributed by atoms with E-state index in [1.807, 2.05) is 0 Å². The number of nitrogens with two attached hydrogens (primary N) is 1. The Labute approximate surface area is 181 Å². The van der Waals surface area contributed by atoms with Crippen LogP contribution in [0.15, 0.2) is 29.8 Å². The van der Waals surface area contributed by atoms with Crippen molar-refractivity contribution < 1.29 is 23.7 Å². The second-order valence-electron chi connectivity index (χ2n) is 7.42. The normalized spacial score (nSPS) is 22.8. The fourth-order valence-electron chi connectivity index (χ4n) is 3.56. The molecule has 8 nitrogen and oxygen atoms in total. The average Bonchev–Trinajstić information content (AvgIpc) is 3.31. The van der Waals surface area contributed by atoms with Crippen LogP contribution in [0.3, 0.4) is 0 Å². The number of rotatable bonds is 5. The number of halogens is 2. The van der Waals surface area contributed by atoms with Crippen LogP contribution in [0.25, 0.3) is 10.6 Å². The number of nitrogens with zero attached hydrogens (tertiary/aromatic N) is 3. The van der Waals surface area contributed by atoms with Crippen molar-refractivity contribution in [3.63, 3.8) is 0 Å². The Morgan fingerprint density at radius 1 is 1.32 bits per heavy atom. The van der Waals surface area contributed by atoms with Gasteiger partial charge in [-0.05, 0) is 25.0 Å². The molecule has 0 saturated carbocycles. The monoisotopic (exact) mass is 451 g/mol. The zero-order chi connectivity index (χ0) is 22.1. The summed E-state index contributed by atoms with van der Waals surface area (Å²) >= 11 is 1.03. The number of hydrogen-bond acceptors (Lipinski definition) is 8. The highest BCUT2D eigenvalue weighted by molar-refractivity contribution is 7.13. The first-order valence-electron chi connectivity index (χ1n) is 9.76. The maximum atomic E-state index is 14.0. The fourth-order valence-corrected chi connectivity index (χ4v) is 4.45. The minimum atomic E-state index is -1.23. The van der Waals surface area contributed by atoms with Crippen LogP contribution < -0.4 is 11.1 Å². The molecule has 5 N–H and O–H groups in total. The van der Waals surface area contributed by atoms with E-state index in [4.69, 9.17) is 10.5 Å². The molecule has 3 heterocycles. The van der Waals surface area contributed by atoms with Gasteiger partial charge < -0.3 is 26.0 Å². The predicted octanol–water partition coefficient (Wildman–Crippen LogP) is 2.46. The standard InChI is InChI=1S/C20H23F2N5O3S/c1-27-18(16-6-5-12(23)15(28)8-30-16)13(7-24-27)25-19(29)14-9-31-20(26-14)17-10(21)3-2-4-11(17)22/h2-4,7,9,12,15-16,19,25,28-29H,5-6,8,23H2,1H3/t12-,15+,16+,19?/m1/s1. The van der Waals surface area contributed by atoms with Crippen molar-refractivity contribution in [3.05, 3.63) is 52.8 Å². The molecule has 0 spiro atoms. The first kappa shape index (κ1) is 21.8. The summed E-state index contributed by atoms with van der Waals surface area (Å²) in [5, 5.41) is 29.4. The molecule has 1 saturated heterocycles. The fraction of sp³-hybridized carbons (Fsp3) is 0.400. The lowest BCUT2D eigenvalue weighted by molar-refractivity contribution is -0.00237. The molecule has 1 fully saturated rings. The maximum absolute atomic E-state index is 14.0. The molecular weight excluding hydrogens is 428 g/mol. The van der Waals surface area contributed by atoms with E-state index in [0.717, 1.165) is 23.5 Å². The van der Waals surface area contributed by atoms with Gasteiger partial charge in [0.1, 0.15) is 28.4 Å². The SMILES string of the molecule is Cn1ncc(NC(O)c2csc(-c3c(F)cccc3F)n2)c1[C@@H]1CC[C@@H](N)[C@@H](O)CO1. The Morgan fingerprint density at radius 3 is 2.81 bits per heavy atom. The minimum absolute atomic E-state index is 0.0999. The Balaban J connectivity index is 1.54. The molecule has 0 radical (unpaired) electrons. The first-order valence-corrected chi connectivity index (χ1v) is 10.6. The Morgan fingerprint density at radius 2 is 2.06 bits per heavy atom. The number of thiazole rings is 1. The number of hydrogen-bond donors (Lipinski definition) is 4. The smallest absolute Gasteiger partial charge is 0.169 e. The largest absolute Gasteiger partial charge is 0.389 e.